The van der Waals surface area contributed by atoms with Gasteiger partial charge >= 0.3 is 0 Å². The van der Waals surface area contributed by atoms with Crippen LogP contribution in [0.1, 0.15) is 22.7 Å². The molecule has 10 nitrogen and oxygen atoms in total. The van der Waals surface area contributed by atoms with Crippen molar-refractivity contribution in [1.29, 1.82) is 10.5 Å². The third kappa shape index (κ3) is 2.61. The topological polar surface area (TPSA) is 189 Å². The third-order valence-electron chi connectivity index (χ3n) is 3.85. The lowest BCUT2D eigenvalue weighted by molar-refractivity contribution is 0.362. The largest absolute Gasteiger partial charge is 0.504 e. The maximum atomic E-state index is 13.9. The molecule has 2 aromatic rings. The van der Waals surface area contributed by atoms with Crippen LogP contribution < -0.4 is 22.1 Å². The van der Waals surface area contributed by atoms with Crippen LogP contribution in [0, 0.1) is 34.4 Å². The first-order valence-corrected chi connectivity index (χ1v) is 7.18. The number of aliphatic imine (C=N–C) groups is 1. The summed E-state index contributed by atoms with van der Waals surface area (Å²) in [5, 5.41) is 42.2. The molecule has 0 bridgehead atoms. The van der Waals surface area contributed by atoms with Crippen LogP contribution in [-0.4, -0.2) is 21.2 Å². The molecule has 0 amide bonds. The van der Waals surface area contributed by atoms with Gasteiger partial charge in [0.25, 0.3) is 0 Å². The molecule has 0 saturated heterocycles. The Balaban J connectivity index is 2.34. The summed E-state index contributed by atoms with van der Waals surface area (Å²) in [5.41, 5.74) is 10.9. The number of aromatic nitrogens is 1. The Hall–Kier alpha value is -4.32. The SMILES string of the molecule is N#CNC1=NC(c2cc(F)c(O)c(F)c2O)c2c(nc(N)c(C#N)c2N)N1. The summed E-state index contributed by atoms with van der Waals surface area (Å²) in [6, 6.07) is 1.06. The van der Waals surface area contributed by atoms with Crippen molar-refractivity contribution in [2.45, 2.75) is 6.04 Å². The highest BCUT2D eigenvalue weighted by Crippen LogP contribution is 2.45. The average Bonchev–Trinajstić information content (AvgIpc) is 2.62. The number of rotatable bonds is 1. The highest BCUT2D eigenvalue weighted by atomic mass is 19.1. The summed E-state index contributed by atoms with van der Waals surface area (Å²) in [4.78, 5) is 8.01. The number of phenols is 2. The molecule has 1 aliphatic heterocycles. The number of halogens is 2. The van der Waals surface area contributed by atoms with E-state index in [-0.39, 0.29) is 34.4 Å². The molecule has 3 rings (SSSR count). The van der Waals surface area contributed by atoms with Crippen LogP contribution in [0.15, 0.2) is 11.1 Å². The molecule has 12 heteroatoms. The second kappa shape index (κ2) is 6.20. The van der Waals surface area contributed by atoms with Crippen molar-refractivity contribution in [1.82, 2.24) is 10.3 Å². The van der Waals surface area contributed by atoms with E-state index in [9.17, 15) is 24.3 Å². The molecule has 0 radical (unpaired) electrons. The number of nitrogen functional groups attached to an aromatic ring is 2. The fraction of sp³-hybridized carbons (Fsp3) is 0.0667. The van der Waals surface area contributed by atoms with Gasteiger partial charge in [0, 0.05) is 11.1 Å². The molecule has 0 fully saturated rings. The minimum absolute atomic E-state index is 0.00373. The Kier molecular flexibility index (Phi) is 4.02. The maximum absolute atomic E-state index is 13.9. The molecule has 2 heterocycles. The Labute approximate surface area is 150 Å². The summed E-state index contributed by atoms with van der Waals surface area (Å²) in [7, 11) is 0. The number of phenolic OH excluding ortho intramolecular Hbond substituents is 2. The molecule has 27 heavy (non-hydrogen) atoms. The van der Waals surface area contributed by atoms with Gasteiger partial charge in [-0.25, -0.2) is 14.4 Å². The van der Waals surface area contributed by atoms with Crippen molar-refractivity contribution in [2.24, 2.45) is 4.99 Å². The van der Waals surface area contributed by atoms with E-state index < -0.39 is 34.7 Å². The van der Waals surface area contributed by atoms with E-state index >= 15 is 0 Å². The van der Waals surface area contributed by atoms with Crippen LogP contribution in [0.25, 0.3) is 0 Å². The van der Waals surface area contributed by atoms with Crippen LogP contribution in [0.2, 0.25) is 0 Å². The number of guanidine groups is 1. The van der Waals surface area contributed by atoms with E-state index in [1.807, 2.05) is 0 Å². The molecule has 1 unspecified atom stereocenters. The predicted octanol–water partition coefficient (Wildman–Crippen LogP) is 0.749. The molecule has 1 aromatic heterocycles. The van der Waals surface area contributed by atoms with Gasteiger partial charge in [-0.3, -0.25) is 5.32 Å². The number of nitrogens with zero attached hydrogens (tertiary/aromatic N) is 4. The van der Waals surface area contributed by atoms with Gasteiger partial charge in [0.15, 0.2) is 23.5 Å². The van der Waals surface area contributed by atoms with E-state index in [0.717, 1.165) is 0 Å². The lowest BCUT2D eigenvalue weighted by atomic mass is 9.94. The van der Waals surface area contributed by atoms with Crippen LogP contribution in [0.4, 0.5) is 26.1 Å². The zero-order valence-corrected chi connectivity index (χ0v) is 13.2. The zero-order valence-electron chi connectivity index (χ0n) is 13.2. The number of nitrogens with two attached hydrogens (primary N) is 2. The first-order chi connectivity index (χ1) is 12.8. The summed E-state index contributed by atoms with van der Waals surface area (Å²) < 4.78 is 27.8. The molecule has 8 N–H and O–H groups in total. The predicted molar refractivity (Wildman–Crippen MR) is 89.1 cm³/mol. The van der Waals surface area contributed by atoms with Crippen LogP contribution in [0.3, 0.4) is 0 Å². The Morgan fingerprint density at radius 1 is 1.22 bits per heavy atom. The number of benzene rings is 1. The molecular formula is C15H10F2N8O2. The number of nitriles is 2. The van der Waals surface area contributed by atoms with E-state index in [4.69, 9.17) is 16.7 Å². The van der Waals surface area contributed by atoms with Crippen molar-refractivity contribution in [3.63, 3.8) is 0 Å². The molecule has 1 aliphatic rings. The van der Waals surface area contributed by atoms with Gasteiger partial charge in [0.2, 0.25) is 11.8 Å². The van der Waals surface area contributed by atoms with Crippen molar-refractivity contribution in [3.05, 3.63) is 34.4 Å². The molecule has 1 atom stereocenters. The van der Waals surface area contributed by atoms with Gasteiger partial charge in [-0.15, -0.1) is 0 Å². The Morgan fingerprint density at radius 3 is 2.56 bits per heavy atom. The lowest BCUT2D eigenvalue weighted by Gasteiger charge is -2.26. The summed E-state index contributed by atoms with van der Waals surface area (Å²) in [5.74, 6) is -5.82. The Morgan fingerprint density at radius 2 is 1.93 bits per heavy atom. The highest BCUT2D eigenvalue weighted by molar-refractivity contribution is 5.98. The van der Waals surface area contributed by atoms with E-state index in [1.165, 1.54) is 0 Å². The van der Waals surface area contributed by atoms with Crippen molar-refractivity contribution >= 4 is 23.3 Å². The van der Waals surface area contributed by atoms with Crippen molar-refractivity contribution in [3.8, 4) is 23.8 Å². The second-order valence-corrected chi connectivity index (χ2v) is 5.36. The number of aromatic hydroxyl groups is 2. The first-order valence-electron chi connectivity index (χ1n) is 7.18. The number of anilines is 3. The van der Waals surface area contributed by atoms with E-state index in [0.29, 0.717) is 6.07 Å². The third-order valence-corrected chi connectivity index (χ3v) is 3.85. The molecule has 0 saturated carbocycles. The number of hydrogen-bond donors (Lipinski definition) is 6. The number of pyridine rings is 1. The standard InChI is InChI=1S/C15H10F2N8O2/c16-6-1-4(11(26)8(17)12(6)27)10-7-9(20)5(2-18)13(21)24-14(7)25-15(23-10)22-3-19/h1,10,26-27H,(H6,20,21,22,23,24,25). The normalized spacial score (nSPS) is 15.0. The van der Waals surface area contributed by atoms with Gasteiger partial charge in [-0.1, -0.05) is 0 Å². The number of fused-ring (bicyclic) bond motifs is 1. The second-order valence-electron chi connectivity index (χ2n) is 5.36. The minimum atomic E-state index is -1.60. The highest BCUT2D eigenvalue weighted by Gasteiger charge is 2.33. The molecule has 136 valence electrons. The summed E-state index contributed by atoms with van der Waals surface area (Å²) >= 11 is 0. The molecule has 1 aromatic carbocycles. The quantitative estimate of drug-likeness (QED) is 0.310. The molecule has 0 spiro atoms. The minimum Gasteiger partial charge on any atom is -0.504 e. The smallest absolute Gasteiger partial charge is 0.211 e. The summed E-state index contributed by atoms with van der Waals surface area (Å²) in [6.07, 6.45) is 1.60. The molecule has 0 aliphatic carbocycles. The van der Waals surface area contributed by atoms with Gasteiger partial charge in [0.1, 0.15) is 29.3 Å². The Bertz CT molecular complexity index is 1090. The molecular weight excluding hydrogens is 362 g/mol. The number of hydrogen-bond acceptors (Lipinski definition) is 10. The lowest BCUT2D eigenvalue weighted by Crippen LogP contribution is -2.32. The van der Waals surface area contributed by atoms with Crippen molar-refractivity contribution < 1.29 is 19.0 Å². The maximum Gasteiger partial charge on any atom is 0.211 e. The summed E-state index contributed by atoms with van der Waals surface area (Å²) in [6.45, 7) is 0. The van der Waals surface area contributed by atoms with Crippen molar-refractivity contribution in [2.75, 3.05) is 16.8 Å². The monoisotopic (exact) mass is 372 g/mol. The van der Waals surface area contributed by atoms with Crippen LogP contribution in [0.5, 0.6) is 11.5 Å². The van der Waals surface area contributed by atoms with E-state index in [2.05, 4.69) is 20.6 Å². The number of nitrogens with one attached hydrogen (secondary N) is 2. The van der Waals surface area contributed by atoms with Gasteiger partial charge < -0.3 is 27.0 Å². The van der Waals surface area contributed by atoms with Crippen LogP contribution >= 0.6 is 0 Å². The average molecular weight is 372 g/mol. The van der Waals surface area contributed by atoms with Gasteiger partial charge in [0.05, 0.1) is 5.69 Å². The zero-order chi connectivity index (χ0) is 19.9. The van der Waals surface area contributed by atoms with E-state index in [1.54, 1.807) is 12.3 Å². The fourth-order valence-electron chi connectivity index (χ4n) is 2.63. The fourth-order valence-corrected chi connectivity index (χ4v) is 2.63. The van der Waals surface area contributed by atoms with Gasteiger partial charge in [-0.05, 0) is 6.07 Å². The van der Waals surface area contributed by atoms with Crippen LogP contribution in [-0.2, 0) is 0 Å². The van der Waals surface area contributed by atoms with Gasteiger partial charge in [-0.2, -0.15) is 14.9 Å². The first kappa shape index (κ1) is 17.5.